The number of rotatable bonds is 6. The Balaban J connectivity index is 1.67. The van der Waals surface area contributed by atoms with Crippen molar-refractivity contribution in [3.63, 3.8) is 0 Å². The van der Waals surface area contributed by atoms with Crippen LogP contribution in [0.25, 0.3) is 0 Å². The molecule has 0 spiro atoms. The molecule has 0 unspecified atom stereocenters. The van der Waals surface area contributed by atoms with Crippen LogP contribution in [-0.2, 0) is 6.61 Å². The monoisotopic (exact) mass is 602 g/mol. The molecule has 0 saturated carbocycles. The first-order chi connectivity index (χ1) is 14.7. The fraction of sp³-hybridized carbons (Fsp3) is 0.0909. The summed E-state index contributed by atoms with van der Waals surface area (Å²) >= 11 is 25.2. The third-order valence-electron chi connectivity index (χ3n) is 4.16. The molecule has 0 aliphatic carbocycles. The lowest BCUT2D eigenvalue weighted by Crippen LogP contribution is -2.18. The zero-order valence-electron chi connectivity index (χ0n) is 16.1. The molecule has 3 aromatic carbocycles. The van der Waals surface area contributed by atoms with Crippen molar-refractivity contribution in [3.05, 3.63) is 94.8 Å². The van der Waals surface area contributed by atoms with Gasteiger partial charge in [0.2, 0.25) is 0 Å². The van der Waals surface area contributed by atoms with Crippen molar-refractivity contribution in [1.29, 1.82) is 0 Å². The molecule has 3 rings (SSSR count). The van der Waals surface area contributed by atoms with E-state index >= 15 is 0 Å². The summed E-state index contributed by atoms with van der Waals surface area (Å²) in [6, 6.07) is 14.1. The van der Waals surface area contributed by atoms with Gasteiger partial charge >= 0.3 is 0 Å². The van der Waals surface area contributed by atoms with Crippen molar-refractivity contribution in [2.45, 2.75) is 13.5 Å². The summed E-state index contributed by atoms with van der Waals surface area (Å²) in [5.41, 5.74) is 5.36. The Morgan fingerprint density at radius 3 is 2.39 bits per heavy atom. The number of aryl methyl sites for hydroxylation is 1. The molecule has 160 valence electrons. The summed E-state index contributed by atoms with van der Waals surface area (Å²) in [6.45, 7) is 2.17. The Morgan fingerprint density at radius 1 is 1.03 bits per heavy atom. The van der Waals surface area contributed by atoms with Crippen LogP contribution in [0.15, 0.2) is 62.6 Å². The molecule has 0 fully saturated rings. The van der Waals surface area contributed by atoms with E-state index < -0.39 is 0 Å². The summed E-state index contributed by atoms with van der Waals surface area (Å²) < 4.78 is 7.32. The van der Waals surface area contributed by atoms with Crippen LogP contribution >= 0.6 is 66.7 Å². The minimum absolute atomic E-state index is 0.272. The number of hydrogen-bond acceptors (Lipinski definition) is 3. The Morgan fingerprint density at radius 2 is 1.74 bits per heavy atom. The molecule has 0 radical (unpaired) electrons. The molecule has 3 aromatic rings. The van der Waals surface area contributed by atoms with Crippen molar-refractivity contribution in [2.75, 3.05) is 0 Å². The average molecular weight is 606 g/mol. The maximum atomic E-state index is 12.3. The highest BCUT2D eigenvalue weighted by Crippen LogP contribution is 2.35. The number of amides is 1. The summed E-state index contributed by atoms with van der Waals surface area (Å²) in [6.07, 6.45) is 1.52. The minimum atomic E-state index is -0.390. The van der Waals surface area contributed by atoms with Crippen LogP contribution < -0.4 is 10.2 Å². The predicted molar refractivity (Wildman–Crippen MR) is 134 cm³/mol. The van der Waals surface area contributed by atoms with Gasteiger partial charge in [-0.25, -0.2) is 5.43 Å². The Kier molecular flexibility index (Phi) is 8.42. The van der Waals surface area contributed by atoms with Gasteiger partial charge in [0.15, 0.2) is 0 Å². The maximum Gasteiger partial charge on any atom is 0.272 e. The molecule has 9 heteroatoms. The molecule has 0 bridgehead atoms. The molecule has 0 heterocycles. The standard InChI is InChI=1S/C22H15Br2Cl3N2O2/c1-12-2-5-16(20(27)6-12)22(30)29-28-10-13-7-17(23)21(18(24)8-13)31-11-14-3-4-15(25)9-19(14)26/h2-10H,11H2,1H3,(H,29,30)/b28-10-. The molecular formula is C22H15Br2Cl3N2O2. The van der Waals surface area contributed by atoms with E-state index in [0.717, 1.165) is 16.7 Å². The first-order valence-electron chi connectivity index (χ1n) is 8.90. The van der Waals surface area contributed by atoms with Gasteiger partial charge in [-0.05, 0) is 86.3 Å². The van der Waals surface area contributed by atoms with Gasteiger partial charge in [0.1, 0.15) is 12.4 Å². The van der Waals surface area contributed by atoms with Gasteiger partial charge < -0.3 is 4.74 Å². The van der Waals surface area contributed by atoms with Crippen molar-refractivity contribution >= 4 is 78.8 Å². The van der Waals surface area contributed by atoms with Crippen molar-refractivity contribution in [1.82, 2.24) is 5.43 Å². The topological polar surface area (TPSA) is 50.7 Å². The lowest BCUT2D eigenvalue weighted by molar-refractivity contribution is 0.0955. The van der Waals surface area contributed by atoms with E-state index in [4.69, 9.17) is 39.5 Å². The summed E-state index contributed by atoms with van der Waals surface area (Å²) in [5, 5.41) is 5.49. The smallest absolute Gasteiger partial charge is 0.272 e. The first kappa shape index (κ1) is 24.1. The number of halogens is 5. The van der Waals surface area contributed by atoms with Crippen molar-refractivity contribution in [3.8, 4) is 5.75 Å². The zero-order chi connectivity index (χ0) is 22.5. The number of carbonyl (C=O) groups is 1. The van der Waals surface area contributed by atoms with Gasteiger partial charge in [0, 0.05) is 15.6 Å². The highest BCUT2D eigenvalue weighted by molar-refractivity contribution is 9.11. The van der Waals surface area contributed by atoms with Gasteiger partial charge in [-0.1, -0.05) is 46.9 Å². The number of hydrazone groups is 1. The Bertz CT molecular complexity index is 1150. The third kappa shape index (κ3) is 6.46. The van der Waals surface area contributed by atoms with Gasteiger partial charge in [-0.3, -0.25) is 4.79 Å². The van der Waals surface area contributed by atoms with E-state index in [1.165, 1.54) is 6.21 Å². The zero-order valence-corrected chi connectivity index (χ0v) is 21.5. The second-order valence-corrected chi connectivity index (χ2v) is 9.48. The van der Waals surface area contributed by atoms with E-state index in [1.807, 2.05) is 31.2 Å². The molecule has 0 aliphatic heterocycles. The fourth-order valence-electron chi connectivity index (χ4n) is 2.61. The van der Waals surface area contributed by atoms with Crippen LogP contribution in [0.2, 0.25) is 15.1 Å². The summed E-state index contributed by atoms with van der Waals surface area (Å²) in [7, 11) is 0. The highest BCUT2D eigenvalue weighted by atomic mass is 79.9. The fourth-order valence-corrected chi connectivity index (χ4v) is 4.85. The number of nitrogens with one attached hydrogen (secondary N) is 1. The van der Waals surface area contributed by atoms with E-state index in [0.29, 0.717) is 35.3 Å². The minimum Gasteiger partial charge on any atom is -0.486 e. The molecule has 4 nitrogen and oxygen atoms in total. The molecule has 0 aliphatic rings. The van der Waals surface area contributed by atoms with Crippen LogP contribution in [-0.4, -0.2) is 12.1 Å². The molecule has 1 N–H and O–H groups in total. The second-order valence-electron chi connectivity index (χ2n) is 6.52. The molecule has 31 heavy (non-hydrogen) atoms. The Labute approximate surface area is 211 Å². The van der Waals surface area contributed by atoms with E-state index in [9.17, 15) is 4.79 Å². The van der Waals surface area contributed by atoms with E-state index in [2.05, 4.69) is 42.4 Å². The van der Waals surface area contributed by atoms with Gasteiger partial charge in [0.05, 0.1) is 25.7 Å². The summed E-state index contributed by atoms with van der Waals surface area (Å²) in [4.78, 5) is 12.3. The quantitative estimate of drug-likeness (QED) is 0.230. The maximum absolute atomic E-state index is 12.3. The third-order valence-corrected chi connectivity index (χ3v) is 6.23. The van der Waals surface area contributed by atoms with Crippen molar-refractivity contribution in [2.24, 2.45) is 5.10 Å². The van der Waals surface area contributed by atoms with Gasteiger partial charge in [-0.15, -0.1) is 0 Å². The number of hydrogen-bond donors (Lipinski definition) is 1. The van der Waals surface area contributed by atoms with Crippen LogP contribution in [0.1, 0.15) is 27.0 Å². The lowest BCUT2D eigenvalue weighted by Gasteiger charge is -2.12. The van der Waals surface area contributed by atoms with E-state index in [-0.39, 0.29) is 12.5 Å². The SMILES string of the molecule is Cc1ccc(C(=O)N/N=C\c2cc(Br)c(OCc3ccc(Cl)cc3Cl)c(Br)c2)c(Cl)c1. The van der Waals surface area contributed by atoms with Gasteiger partial charge in [-0.2, -0.15) is 5.10 Å². The molecule has 0 aromatic heterocycles. The van der Waals surface area contributed by atoms with Crippen LogP contribution in [0.5, 0.6) is 5.75 Å². The van der Waals surface area contributed by atoms with E-state index in [1.54, 1.807) is 24.3 Å². The number of ether oxygens (including phenoxy) is 1. The van der Waals surface area contributed by atoms with Crippen molar-refractivity contribution < 1.29 is 9.53 Å². The van der Waals surface area contributed by atoms with Crippen LogP contribution in [0.3, 0.4) is 0 Å². The van der Waals surface area contributed by atoms with Crippen LogP contribution in [0, 0.1) is 6.92 Å². The predicted octanol–water partition coefficient (Wildman–Crippen LogP) is 7.82. The molecular weight excluding hydrogens is 590 g/mol. The van der Waals surface area contributed by atoms with Crippen LogP contribution in [0.4, 0.5) is 0 Å². The molecule has 0 saturated heterocycles. The largest absolute Gasteiger partial charge is 0.486 e. The van der Waals surface area contributed by atoms with Gasteiger partial charge in [0.25, 0.3) is 5.91 Å². The average Bonchev–Trinajstić information content (AvgIpc) is 2.68. The molecule has 0 atom stereocenters. The normalized spacial score (nSPS) is 11.0. The second kappa shape index (κ2) is 10.8. The lowest BCUT2D eigenvalue weighted by atomic mass is 10.1. The number of benzene rings is 3. The molecule has 1 amide bonds. The number of nitrogens with zero attached hydrogens (tertiary/aromatic N) is 1. The number of carbonyl (C=O) groups excluding carboxylic acids is 1. The summed E-state index contributed by atoms with van der Waals surface area (Å²) in [5.74, 6) is 0.220. The highest BCUT2D eigenvalue weighted by Gasteiger charge is 2.11. The Hall–Kier alpha value is -1.57. The first-order valence-corrected chi connectivity index (χ1v) is 11.6.